The molecule has 0 unspecified atom stereocenters. The van der Waals surface area contributed by atoms with Gasteiger partial charge in [-0.05, 0) is 36.4 Å². The zero-order chi connectivity index (χ0) is 14.8. The highest BCUT2D eigenvalue weighted by Crippen LogP contribution is 2.33. The first-order valence-electron chi connectivity index (χ1n) is 6.48. The Hall–Kier alpha value is -2.27. The Morgan fingerprint density at radius 2 is 1.95 bits per heavy atom. The van der Waals surface area contributed by atoms with Crippen molar-refractivity contribution in [1.29, 1.82) is 0 Å². The van der Waals surface area contributed by atoms with Gasteiger partial charge in [0.05, 0.1) is 17.7 Å². The average molecular weight is 299 g/mol. The topological polar surface area (TPSA) is 50.5 Å². The summed E-state index contributed by atoms with van der Waals surface area (Å²) >= 11 is 0.941. The lowest BCUT2D eigenvalue weighted by Crippen LogP contribution is -2.27. The largest absolute Gasteiger partial charge is 0.465 e. The maximum Gasteiger partial charge on any atom is 0.293 e. The minimum Gasteiger partial charge on any atom is -0.465 e. The Labute approximate surface area is 126 Å². The molecule has 3 rings (SSSR count). The second-order valence-electron chi connectivity index (χ2n) is 4.77. The number of imide groups is 1. The molecule has 1 aromatic heterocycles. The summed E-state index contributed by atoms with van der Waals surface area (Å²) in [6.07, 6.45) is 3.13. The zero-order valence-electron chi connectivity index (χ0n) is 11.4. The number of carbonyl (C=O) groups is 2. The summed E-state index contributed by atoms with van der Waals surface area (Å²) in [5, 5.41) is -0.251. The summed E-state index contributed by atoms with van der Waals surface area (Å²) in [5.41, 5.74) is 2.08. The molecule has 1 aromatic carbocycles. The lowest BCUT2D eigenvalue weighted by atomic mass is 10.1. The fourth-order valence-electron chi connectivity index (χ4n) is 2.01. The summed E-state index contributed by atoms with van der Waals surface area (Å²) in [7, 11) is 0. The van der Waals surface area contributed by atoms with Crippen LogP contribution < -0.4 is 0 Å². The molecule has 21 heavy (non-hydrogen) atoms. The summed E-state index contributed by atoms with van der Waals surface area (Å²) < 4.78 is 5.17. The maximum absolute atomic E-state index is 12.3. The summed E-state index contributed by atoms with van der Waals surface area (Å²) in [6, 6.07) is 11.3. The summed E-state index contributed by atoms with van der Waals surface area (Å²) in [4.78, 5) is 25.9. The predicted octanol–water partition coefficient (Wildman–Crippen LogP) is 3.82. The number of hydrogen-bond donors (Lipinski definition) is 0. The van der Waals surface area contributed by atoms with Gasteiger partial charge in [-0.15, -0.1) is 0 Å². The van der Waals surface area contributed by atoms with E-state index in [4.69, 9.17) is 4.42 Å². The van der Waals surface area contributed by atoms with Gasteiger partial charge < -0.3 is 4.42 Å². The lowest BCUT2D eigenvalue weighted by molar-refractivity contribution is -0.123. The first-order chi connectivity index (χ1) is 10.1. The van der Waals surface area contributed by atoms with E-state index in [-0.39, 0.29) is 11.1 Å². The Kier molecular flexibility index (Phi) is 3.66. The SMILES string of the molecule is Cc1ccc(CN2C(=O)S/C(=C\c3ccco3)C2=O)cc1. The van der Waals surface area contributed by atoms with E-state index in [0.29, 0.717) is 17.2 Å². The molecule has 5 heteroatoms. The molecule has 0 atom stereocenters. The number of thioether (sulfide) groups is 1. The average Bonchev–Trinajstić information content (AvgIpc) is 3.06. The van der Waals surface area contributed by atoms with Gasteiger partial charge in [-0.2, -0.15) is 0 Å². The van der Waals surface area contributed by atoms with Crippen LogP contribution in [-0.4, -0.2) is 16.0 Å². The first-order valence-corrected chi connectivity index (χ1v) is 7.29. The van der Waals surface area contributed by atoms with Gasteiger partial charge in [0, 0.05) is 6.08 Å². The number of furan rings is 1. The molecule has 2 aromatic rings. The van der Waals surface area contributed by atoms with Crippen molar-refractivity contribution in [3.63, 3.8) is 0 Å². The molecule has 0 bridgehead atoms. The third kappa shape index (κ3) is 2.92. The van der Waals surface area contributed by atoms with E-state index in [1.165, 1.54) is 11.2 Å². The molecule has 106 valence electrons. The Morgan fingerprint density at radius 1 is 1.19 bits per heavy atom. The molecule has 1 saturated heterocycles. The first kappa shape index (κ1) is 13.7. The molecular weight excluding hydrogens is 286 g/mol. The van der Waals surface area contributed by atoms with Crippen LogP contribution in [0.15, 0.2) is 52.0 Å². The third-order valence-electron chi connectivity index (χ3n) is 3.15. The number of amides is 2. The molecule has 0 saturated carbocycles. The highest BCUT2D eigenvalue weighted by atomic mass is 32.2. The fourth-order valence-corrected chi connectivity index (χ4v) is 2.83. The molecule has 0 radical (unpaired) electrons. The van der Waals surface area contributed by atoms with Gasteiger partial charge in [-0.1, -0.05) is 29.8 Å². The number of carbonyl (C=O) groups excluding carboxylic acids is 2. The molecule has 4 nitrogen and oxygen atoms in total. The molecule has 1 aliphatic heterocycles. The van der Waals surface area contributed by atoms with Crippen molar-refractivity contribution in [2.75, 3.05) is 0 Å². The number of aryl methyl sites for hydroxylation is 1. The minimum absolute atomic E-state index is 0.251. The van der Waals surface area contributed by atoms with Gasteiger partial charge in [0.1, 0.15) is 5.76 Å². The van der Waals surface area contributed by atoms with E-state index in [9.17, 15) is 9.59 Å². The molecular formula is C16H13NO3S. The van der Waals surface area contributed by atoms with Crippen LogP contribution in [0.25, 0.3) is 6.08 Å². The number of hydrogen-bond acceptors (Lipinski definition) is 4. The number of benzene rings is 1. The summed E-state index contributed by atoms with van der Waals surface area (Å²) in [5.74, 6) is 0.290. The van der Waals surface area contributed by atoms with Gasteiger partial charge in [0.25, 0.3) is 11.1 Å². The van der Waals surface area contributed by atoms with Gasteiger partial charge in [-0.3, -0.25) is 14.5 Å². The van der Waals surface area contributed by atoms with Crippen LogP contribution in [0.3, 0.4) is 0 Å². The van der Waals surface area contributed by atoms with Crippen LogP contribution >= 0.6 is 11.8 Å². The van der Waals surface area contributed by atoms with E-state index in [0.717, 1.165) is 22.9 Å². The van der Waals surface area contributed by atoms with Crippen LogP contribution in [0.5, 0.6) is 0 Å². The molecule has 2 heterocycles. The second kappa shape index (κ2) is 5.61. The van der Waals surface area contributed by atoms with Crippen LogP contribution in [-0.2, 0) is 11.3 Å². The van der Waals surface area contributed by atoms with Crippen molar-refractivity contribution in [2.45, 2.75) is 13.5 Å². The van der Waals surface area contributed by atoms with Crippen molar-refractivity contribution in [2.24, 2.45) is 0 Å². The van der Waals surface area contributed by atoms with Crippen molar-refractivity contribution < 1.29 is 14.0 Å². The Balaban J connectivity index is 1.79. The van der Waals surface area contributed by atoms with E-state index < -0.39 is 0 Å². The van der Waals surface area contributed by atoms with E-state index in [2.05, 4.69) is 0 Å². The van der Waals surface area contributed by atoms with E-state index >= 15 is 0 Å². The standard InChI is InChI=1S/C16H13NO3S/c1-11-4-6-12(7-5-11)10-17-15(18)14(21-16(17)19)9-13-3-2-8-20-13/h2-9H,10H2,1H3/b14-9-. The van der Waals surface area contributed by atoms with Crippen molar-refractivity contribution >= 4 is 29.0 Å². The molecule has 0 spiro atoms. The minimum atomic E-state index is -0.276. The third-order valence-corrected chi connectivity index (χ3v) is 4.06. The van der Waals surface area contributed by atoms with E-state index in [1.807, 2.05) is 31.2 Å². The van der Waals surface area contributed by atoms with Gasteiger partial charge in [-0.25, -0.2) is 0 Å². The fraction of sp³-hybridized carbons (Fsp3) is 0.125. The molecule has 0 N–H and O–H groups in total. The number of rotatable bonds is 3. The molecule has 1 fully saturated rings. The van der Waals surface area contributed by atoms with Crippen molar-refractivity contribution in [3.8, 4) is 0 Å². The molecule has 1 aliphatic rings. The second-order valence-corrected chi connectivity index (χ2v) is 5.76. The smallest absolute Gasteiger partial charge is 0.293 e. The van der Waals surface area contributed by atoms with Crippen LogP contribution in [0.4, 0.5) is 4.79 Å². The molecule has 0 aliphatic carbocycles. The number of nitrogens with zero attached hydrogens (tertiary/aromatic N) is 1. The Bertz CT molecular complexity index is 702. The summed E-state index contributed by atoms with van der Waals surface area (Å²) in [6.45, 7) is 2.29. The predicted molar refractivity (Wildman–Crippen MR) is 81.4 cm³/mol. The van der Waals surface area contributed by atoms with Crippen molar-refractivity contribution in [3.05, 3.63) is 64.5 Å². The quantitative estimate of drug-likeness (QED) is 0.808. The zero-order valence-corrected chi connectivity index (χ0v) is 12.2. The van der Waals surface area contributed by atoms with Gasteiger partial charge in [0.15, 0.2) is 0 Å². The Morgan fingerprint density at radius 3 is 2.62 bits per heavy atom. The van der Waals surface area contributed by atoms with Gasteiger partial charge >= 0.3 is 0 Å². The van der Waals surface area contributed by atoms with E-state index in [1.54, 1.807) is 18.2 Å². The molecule has 2 amide bonds. The highest BCUT2D eigenvalue weighted by molar-refractivity contribution is 8.18. The van der Waals surface area contributed by atoms with Gasteiger partial charge in [0.2, 0.25) is 0 Å². The normalized spacial score (nSPS) is 17.0. The van der Waals surface area contributed by atoms with Crippen molar-refractivity contribution in [1.82, 2.24) is 4.90 Å². The van der Waals surface area contributed by atoms with Crippen LogP contribution in [0, 0.1) is 6.92 Å². The van der Waals surface area contributed by atoms with Crippen LogP contribution in [0.1, 0.15) is 16.9 Å². The maximum atomic E-state index is 12.3. The monoisotopic (exact) mass is 299 g/mol. The van der Waals surface area contributed by atoms with Crippen LogP contribution in [0.2, 0.25) is 0 Å². The highest BCUT2D eigenvalue weighted by Gasteiger charge is 2.35. The lowest BCUT2D eigenvalue weighted by Gasteiger charge is -2.12.